The van der Waals surface area contributed by atoms with Crippen molar-refractivity contribution in [3.63, 3.8) is 0 Å². The Morgan fingerprint density at radius 2 is 1.50 bits per heavy atom. The van der Waals surface area contributed by atoms with Gasteiger partial charge in [-0.2, -0.15) is 0 Å². The maximum atomic E-state index is 13.1. The average molecular weight is 494 g/mol. The van der Waals surface area contributed by atoms with Crippen LogP contribution >= 0.6 is 23.4 Å². The quantitative estimate of drug-likeness (QED) is 0.366. The van der Waals surface area contributed by atoms with Gasteiger partial charge >= 0.3 is 5.97 Å². The van der Waals surface area contributed by atoms with E-state index in [2.05, 4.69) is 29.6 Å². The molecule has 3 atom stereocenters. The zero-order valence-corrected chi connectivity index (χ0v) is 21.0. The lowest BCUT2D eigenvalue weighted by atomic mass is 9.87. The third-order valence-electron chi connectivity index (χ3n) is 5.90. The van der Waals surface area contributed by atoms with E-state index in [-0.39, 0.29) is 24.0 Å². The number of benzene rings is 3. The fourth-order valence-electron chi connectivity index (χ4n) is 4.09. The van der Waals surface area contributed by atoms with E-state index < -0.39 is 17.3 Å². The largest absolute Gasteiger partial charge is 0.510 e. The molecule has 4 nitrogen and oxygen atoms in total. The summed E-state index contributed by atoms with van der Waals surface area (Å²) in [4.78, 5) is 14.0. The van der Waals surface area contributed by atoms with Crippen LogP contribution in [0.5, 0.6) is 0 Å². The van der Waals surface area contributed by atoms with Crippen molar-refractivity contribution in [3.05, 3.63) is 111 Å². The molecule has 176 valence electrons. The lowest BCUT2D eigenvalue weighted by molar-refractivity contribution is -0.139. The standard InChI is InChI=1S/C28H28ClNO3S/c1-4-33-28(32)23-24(19-9-5-17(2)6-10-19)30-25(20-11-7-18(3)8-12-20)27(26(23)31)34-22-15-13-21(29)14-16-22/h5-16,24-25,27,30-31H,4H2,1-3H3/t24-,25-,27-/m0/s1. The van der Waals surface area contributed by atoms with Crippen LogP contribution in [0.25, 0.3) is 0 Å². The summed E-state index contributed by atoms with van der Waals surface area (Å²) in [6.45, 7) is 6.06. The number of hydrogen-bond donors (Lipinski definition) is 2. The van der Waals surface area contributed by atoms with Crippen LogP contribution < -0.4 is 5.32 Å². The molecule has 0 saturated heterocycles. The van der Waals surface area contributed by atoms with Crippen molar-refractivity contribution in [2.75, 3.05) is 6.61 Å². The number of halogens is 1. The number of esters is 1. The molecule has 3 aromatic rings. The summed E-state index contributed by atoms with van der Waals surface area (Å²) in [5.74, 6) is -0.476. The zero-order valence-electron chi connectivity index (χ0n) is 19.4. The molecule has 3 aromatic carbocycles. The molecule has 0 unspecified atom stereocenters. The Balaban J connectivity index is 1.84. The van der Waals surface area contributed by atoms with Crippen LogP contribution in [0.1, 0.15) is 41.3 Å². The SMILES string of the molecule is CCOC(=O)C1=C(O)[C@@H](Sc2ccc(Cl)cc2)[C@H](c2ccc(C)cc2)N[C@H]1c1ccc(C)cc1. The Labute approximate surface area is 210 Å². The highest BCUT2D eigenvalue weighted by Gasteiger charge is 2.42. The van der Waals surface area contributed by atoms with Crippen LogP contribution in [0.3, 0.4) is 0 Å². The van der Waals surface area contributed by atoms with Crippen molar-refractivity contribution in [2.45, 2.75) is 43.0 Å². The van der Waals surface area contributed by atoms with Crippen molar-refractivity contribution < 1.29 is 14.6 Å². The molecule has 34 heavy (non-hydrogen) atoms. The van der Waals surface area contributed by atoms with Gasteiger partial charge in [-0.05, 0) is 56.2 Å². The van der Waals surface area contributed by atoms with Gasteiger partial charge in [0.25, 0.3) is 0 Å². The minimum absolute atomic E-state index is 0.0355. The molecule has 0 aromatic heterocycles. The topological polar surface area (TPSA) is 58.6 Å². The van der Waals surface area contributed by atoms with Gasteiger partial charge in [0.05, 0.1) is 29.5 Å². The molecule has 0 saturated carbocycles. The van der Waals surface area contributed by atoms with E-state index in [0.29, 0.717) is 5.02 Å². The molecule has 1 aliphatic heterocycles. The van der Waals surface area contributed by atoms with Gasteiger partial charge in [-0.3, -0.25) is 5.32 Å². The van der Waals surface area contributed by atoms with Crippen LogP contribution in [0.4, 0.5) is 0 Å². The molecule has 1 aliphatic rings. The van der Waals surface area contributed by atoms with Crippen LogP contribution in [0, 0.1) is 13.8 Å². The van der Waals surface area contributed by atoms with E-state index in [1.807, 2.05) is 62.4 Å². The molecular weight excluding hydrogens is 466 g/mol. The Bertz CT molecular complexity index is 1170. The molecule has 0 aliphatic carbocycles. The zero-order chi connectivity index (χ0) is 24.2. The Morgan fingerprint density at radius 3 is 2.06 bits per heavy atom. The predicted molar refractivity (Wildman–Crippen MR) is 138 cm³/mol. The van der Waals surface area contributed by atoms with Crippen molar-refractivity contribution in [2.24, 2.45) is 0 Å². The maximum absolute atomic E-state index is 13.1. The summed E-state index contributed by atoms with van der Waals surface area (Å²) in [7, 11) is 0. The number of aliphatic hydroxyl groups is 1. The van der Waals surface area contributed by atoms with Gasteiger partial charge in [0.15, 0.2) is 0 Å². The smallest absolute Gasteiger partial charge is 0.339 e. The molecule has 2 N–H and O–H groups in total. The second-order valence-electron chi connectivity index (χ2n) is 8.41. The first-order chi connectivity index (χ1) is 16.4. The monoisotopic (exact) mass is 493 g/mol. The summed E-state index contributed by atoms with van der Waals surface area (Å²) in [5.41, 5.74) is 4.46. The summed E-state index contributed by atoms with van der Waals surface area (Å²) in [6, 6.07) is 23.0. The second kappa shape index (κ2) is 10.7. The van der Waals surface area contributed by atoms with E-state index in [1.165, 1.54) is 11.8 Å². The maximum Gasteiger partial charge on any atom is 0.339 e. The first kappa shape index (κ1) is 24.4. The van der Waals surface area contributed by atoms with Crippen molar-refractivity contribution in [1.82, 2.24) is 5.32 Å². The first-order valence-electron chi connectivity index (χ1n) is 11.3. The lowest BCUT2D eigenvalue weighted by Crippen LogP contribution is -2.43. The fourth-order valence-corrected chi connectivity index (χ4v) is 5.41. The highest BCUT2D eigenvalue weighted by Crippen LogP contribution is 2.44. The molecule has 0 spiro atoms. The first-order valence-corrected chi connectivity index (χ1v) is 12.5. The van der Waals surface area contributed by atoms with Gasteiger partial charge in [0.2, 0.25) is 0 Å². The Kier molecular flexibility index (Phi) is 7.67. The van der Waals surface area contributed by atoms with Crippen LogP contribution in [0.2, 0.25) is 5.02 Å². The third kappa shape index (κ3) is 5.33. The number of rotatable bonds is 6. The summed E-state index contributed by atoms with van der Waals surface area (Å²) >= 11 is 7.57. The second-order valence-corrected chi connectivity index (χ2v) is 10.1. The van der Waals surface area contributed by atoms with Crippen molar-refractivity contribution in [3.8, 4) is 0 Å². The molecular formula is C28H28ClNO3S. The average Bonchev–Trinajstić information content (AvgIpc) is 2.82. The van der Waals surface area contributed by atoms with E-state index in [9.17, 15) is 9.90 Å². The minimum Gasteiger partial charge on any atom is -0.510 e. The molecule has 0 radical (unpaired) electrons. The van der Waals surface area contributed by atoms with Crippen LogP contribution in [0.15, 0.2) is 89.0 Å². The summed E-state index contributed by atoms with van der Waals surface area (Å²) in [6.07, 6.45) is 0. The number of carbonyl (C=O) groups is 1. The third-order valence-corrected chi connectivity index (χ3v) is 7.45. The summed E-state index contributed by atoms with van der Waals surface area (Å²) in [5, 5.41) is 15.5. The minimum atomic E-state index is -0.512. The molecule has 6 heteroatoms. The number of nitrogens with one attached hydrogen (secondary N) is 1. The van der Waals surface area contributed by atoms with Gasteiger partial charge in [-0.25, -0.2) is 4.79 Å². The van der Waals surface area contributed by atoms with E-state index >= 15 is 0 Å². The number of aryl methyl sites for hydroxylation is 2. The van der Waals surface area contributed by atoms with E-state index in [0.717, 1.165) is 27.1 Å². The van der Waals surface area contributed by atoms with Gasteiger partial charge < -0.3 is 9.84 Å². The number of hydrogen-bond acceptors (Lipinski definition) is 5. The van der Waals surface area contributed by atoms with Crippen molar-refractivity contribution in [1.29, 1.82) is 0 Å². The highest BCUT2D eigenvalue weighted by atomic mass is 35.5. The molecule has 0 fully saturated rings. The van der Waals surface area contributed by atoms with Crippen molar-refractivity contribution >= 4 is 29.3 Å². The van der Waals surface area contributed by atoms with Gasteiger partial charge in [-0.15, -0.1) is 11.8 Å². The van der Waals surface area contributed by atoms with Crippen LogP contribution in [-0.2, 0) is 9.53 Å². The number of carbonyl (C=O) groups excluding carboxylic acids is 1. The molecule has 0 bridgehead atoms. The van der Waals surface area contributed by atoms with E-state index in [1.54, 1.807) is 6.92 Å². The highest BCUT2D eigenvalue weighted by molar-refractivity contribution is 8.00. The summed E-state index contributed by atoms with van der Waals surface area (Å²) < 4.78 is 5.37. The normalized spacial score (nSPS) is 20.3. The predicted octanol–water partition coefficient (Wildman–Crippen LogP) is 6.88. The molecule has 4 rings (SSSR count). The van der Waals surface area contributed by atoms with Crippen LogP contribution in [-0.4, -0.2) is 22.9 Å². The number of aliphatic hydroxyl groups excluding tert-OH is 1. The number of ether oxygens (including phenoxy) is 1. The van der Waals surface area contributed by atoms with E-state index in [4.69, 9.17) is 16.3 Å². The fraction of sp³-hybridized carbons (Fsp3) is 0.250. The van der Waals surface area contributed by atoms with Gasteiger partial charge in [-0.1, -0.05) is 71.3 Å². The molecule has 1 heterocycles. The molecule has 0 amide bonds. The van der Waals surface area contributed by atoms with Gasteiger partial charge in [0, 0.05) is 9.92 Å². The lowest BCUT2D eigenvalue weighted by Gasteiger charge is -2.38. The number of thioether (sulfide) groups is 1. The Hall–Kier alpha value is -2.73. The Morgan fingerprint density at radius 1 is 0.941 bits per heavy atom. The van der Waals surface area contributed by atoms with Gasteiger partial charge in [0.1, 0.15) is 5.76 Å².